The average Bonchev–Trinajstić information content (AvgIpc) is 2.90. The Bertz CT molecular complexity index is 954. The van der Waals surface area contributed by atoms with Crippen LogP contribution in [0.1, 0.15) is 80.6 Å². The molecule has 3 atom stereocenters. The number of carbonyl (C=O) groups excluding carboxylic acids is 5. The van der Waals surface area contributed by atoms with Crippen molar-refractivity contribution in [3.8, 4) is 0 Å². The van der Waals surface area contributed by atoms with Gasteiger partial charge in [0, 0.05) is 0 Å². The van der Waals surface area contributed by atoms with Crippen molar-refractivity contribution in [1.82, 2.24) is 21.3 Å². The number of hydrogen-bond donors (Lipinski definition) is 7. The summed E-state index contributed by atoms with van der Waals surface area (Å²) in [6, 6.07) is -1.31. The van der Waals surface area contributed by atoms with Gasteiger partial charge in [0.1, 0.15) is 0 Å². The van der Waals surface area contributed by atoms with E-state index in [0.717, 1.165) is 0 Å². The molecule has 250 valence electrons. The monoisotopic (exact) mass is 725 g/mol. The fraction of sp³-hybridized carbons (Fsp3) is 0.793. The van der Waals surface area contributed by atoms with Crippen LogP contribution in [0, 0.1) is 5.92 Å². The van der Waals surface area contributed by atoms with Gasteiger partial charge in [0.25, 0.3) is 0 Å². The van der Waals surface area contributed by atoms with Gasteiger partial charge >= 0.3 is 267 Å². The molecule has 13 nitrogen and oxygen atoms in total. The van der Waals surface area contributed by atoms with Crippen LogP contribution < -0.4 is 53.9 Å². The normalized spacial score (nSPS) is 15.1. The molecule has 0 aromatic heterocycles. The summed E-state index contributed by atoms with van der Waals surface area (Å²) in [7, 11) is 0. The Hall–Kier alpha value is -1.69. The molecule has 0 heterocycles. The predicted molar refractivity (Wildman–Crippen MR) is 161 cm³/mol. The van der Waals surface area contributed by atoms with Crippen molar-refractivity contribution in [2.75, 3.05) is 30.7 Å². The van der Waals surface area contributed by atoms with Gasteiger partial charge in [-0.15, -0.1) is 0 Å². The Morgan fingerprint density at radius 1 is 0.884 bits per heavy atom. The van der Waals surface area contributed by atoms with Gasteiger partial charge < -0.3 is 0 Å². The fourth-order valence-corrected chi connectivity index (χ4v) is 6.62. The van der Waals surface area contributed by atoms with Crippen LogP contribution in [0.2, 0.25) is 0 Å². The van der Waals surface area contributed by atoms with Crippen molar-refractivity contribution in [2.24, 2.45) is 17.4 Å². The van der Waals surface area contributed by atoms with Gasteiger partial charge in [0.05, 0.1) is 0 Å². The summed E-state index contributed by atoms with van der Waals surface area (Å²) in [4.78, 5) is 73.7. The van der Waals surface area contributed by atoms with Gasteiger partial charge in [-0.2, -0.15) is 0 Å². The van der Waals surface area contributed by atoms with Gasteiger partial charge in [-0.1, -0.05) is 0 Å². The number of nitrogens with one attached hydrogen (secondary N) is 4. The number of rotatable bonds is 26. The van der Waals surface area contributed by atoms with E-state index in [9.17, 15) is 28.8 Å². The van der Waals surface area contributed by atoms with Crippen LogP contribution in [0.4, 0.5) is 0 Å². The molecule has 0 spiro atoms. The molecule has 0 unspecified atom stereocenters. The number of aliphatic carboxylic acids is 1. The second-order valence-corrected chi connectivity index (χ2v) is 15.2. The van der Waals surface area contributed by atoms with Crippen LogP contribution in [0.5, 0.6) is 0 Å². The number of halogens is 1. The van der Waals surface area contributed by atoms with E-state index in [1.54, 1.807) is 34.6 Å². The first-order valence-corrected chi connectivity index (χ1v) is 17.2. The number of alkyl halides is 1. The Kier molecular flexibility index (Phi) is 18.9. The topological polar surface area (TPSA) is 223 Å². The van der Waals surface area contributed by atoms with Crippen molar-refractivity contribution in [3.05, 3.63) is 0 Å². The molecular formula is C29H54IN6O7-. The first-order chi connectivity index (χ1) is 19.8. The number of nitrogens with two attached hydrogens (primary N) is 2. The van der Waals surface area contributed by atoms with E-state index in [0.29, 0.717) is 36.6 Å². The molecule has 43 heavy (non-hydrogen) atoms. The van der Waals surface area contributed by atoms with Crippen LogP contribution in [0.3, 0.4) is 0 Å². The van der Waals surface area contributed by atoms with E-state index in [4.69, 9.17) is 16.6 Å². The number of Topliss-reactive ketones (excluding diaryl/α,β-unsaturated/α-hetero) is 3. The summed E-state index contributed by atoms with van der Waals surface area (Å²) in [5.41, 5.74) is 8.60. The van der Waals surface area contributed by atoms with Crippen molar-refractivity contribution in [2.45, 2.75) is 109 Å². The van der Waals surface area contributed by atoms with E-state index < -0.39 is 55.9 Å². The number of aldehydes is 1. The first-order valence-electron chi connectivity index (χ1n) is 14.6. The molecule has 0 aliphatic rings. The Morgan fingerprint density at radius 3 is 2.00 bits per heavy atom. The van der Waals surface area contributed by atoms with E-state index in [2.05, 4.69) is 21.3 Å². The molecule has 0 aliphatic heterocycles. The summed E-state index contributed by atoms with van der Waals surface area (Å²) in [6.07, 6.45) is 2.02. The molecule has 0 radical (unpaired) electrons. The molecule has 14 heteroatoms. The van der Waals surface area contributed by atoms with Crippen molar-refractivity contribution in [1.29, 1.82) is 0 Å². The molecule has 0 aromatic rings. The molecule has 0 bridgehead atoms. The summed E-state index contributed by atoms with van der Waals surface area (Å²) >= 11 is -1.06. The van der Waals surface area contributed by atoms with Gasteiger partial charge in [0.2, 0.25) is 0 Å². The Morgan fingerprint density at radius 2 is 1.49 bits per heavy atom. The predicted octanol–water partition coefficient (Wildman–Crippen LogP) is -3.51. The van der Waals surface area contributed by atoms with Crippen LogP contribution in [0.25, 0.3) is 0 Å². The molecule has 9 N–H and O–H groups in total. The van der Waals surface area contributed by atoms with Gasteiger partial charge in [-0.3, -0.25) is 0 Å². The minimum absolute atomic E-state index is 0.0257. The van der Waals surface area contributed by atoms with Crippen LogP contribution in [-0.2, 0) is 28.8 Å². The number of carbonyl (C=O) groups is 6. The molecule has 0 rings (SSSR count). The SMILES string of the molecule is CC(C)C[C@](C)(NCC(=O)C(C)(C)N)C(=O)CN[C@@H](CCCN)C(=O)[I-]CNC(C)(C)C(=O)CN[C@@H](C=O)CCC(=O)O. The van der Waals surface area contributed by atoms with Crippen LogP contribution in [0.15, 0.2) is 0 Å². The summed E-state index contributed by atoms with van der Waals surface area (Å²) < 4.78 is 0.285. The zero-order valence-electron chi connectivity index (χ0n) is 26.8. The zero-order chi connectivity index (χ0) is 33.4. The summed E-state index contributed by atoms with van der Waals surface area (Å²) in [6.45, 7) is 12.5. The number of ketones is 3. The third-order valence-electron chi connectivity index (χ3n) is 7.03. The number of hydrogen-bond acceptors (Lipinski definition) is 12. The molecule has 0 fully saturated rings. The van der Waals surface area contributed by atoms with Crippen molar-refractivity contribution in [3.63, 3.8) is 0 Å². The Balaban J connectivity index is 5.17. The third kappa shape index (κ3) is 16.8. The second-order valence-electron chi connectivity index (χ2n) is 12.6. The van der Waals surface area contributed by atoms with Crippen molar-refractivity contribution >= 4 is 33.4 Å². The van der Waals surface area contributed by atoms with Gasteiger partial charge in [0.15, 0.2) is 0 Å². The average molecular weight is 726 g/mol. The maximum absolute atomic E-state index is 13.4. The van der Waals surface area contributed by atoms with Gasteiger partial charge in [-0.05, 0) is 0 Å². The standard InChI is InChI=1S/C29H54IN6O7/c1-19(2)13-29(7,35-16-22(38)27(3,4)32)24(40)15-34-21(9-8-12-31)26(43)30-18-36-28(5,6)23(39)14-33-20(17-37)10-11-25(41)42/h17,19-21,33-36H,8-16,18,31-32H2,1-7H3,(H,41,42)/q-1/t20-,21+,29+/m1/s1. The molecule has 0 aromatic carbocycles. The second kappa shape index (κ2) is 19.6. The molecule has 0 saturated carbocycles. The molecule has 0 saturated heterocycles. The van der Waals surface area contributed by atoms with E-state index in [1.165, 1.54) is 0 Å². The van der Waals surface area contributed by atoms with E-state index >= 15 is 0 Å². The third-order valence-corrected chi connectivity index (χ3v) is 9.30. The molecule has 0 amide bonds. The van der Waals surface area contributed by atoms with Gasteiger partial charge in [-0.25, -0.2) is 0 Å². The minimum atomic E-state index is -1.06. The molecule has 0 aliphatic carbocycles. The Labute approximate surface area is 266 Å². The summed E-state index contributed by atoms with van der Waals surface area (Å²) in [5.74, 6) is -1.46. The summed E-state index contributed by atoms with van der Waals surface area (Å²) in [5, 5.41) is 20.9. The molecular weight excluding hydrogens is 671 g/mol. The maximum atomic E-state index is 13.4. The quantitative estimate of drug-likeness (QED) is 0.0151. The van der Waals surface area contributed by atoms with E-state index in [1.807, 2.05) is 13.8 Å². The number of carboxylic acids is 1. The zero-order valence-corrected chi connectivity index (χ0v) is 29.0. The first kappa shape index (κ1) is 41.3. The van der Waals surface area contributed by atoms with E-state index in [-0.39, 0.29) is 59.5 Å². The fourth-order valence-electron chi connectivity index (χ4n) is 4.03. The van der Waals surface area contributed by atoms with Crippen molar-refractivity contribution < 1.29 is 55.1 Å². The van der Waals surface area contributed by atoms with Crippen LogP contribution >= 0.6 is 0 Å². The van der Waals surface area contributed by atoms with Crippen LogP contribution in [-0.4, -0.2) is 97.9 Å². The number of carboxylic acid groups (broad SMARTS) is 1.